The van der Waals surface area contributed by atoms with Gasteiger partial charge in [-0.05, 0) is 49.3 Å². The van der Waals surface area contributed by atoms with Crippen molar-refractivity contribution >= 4 is 23.4 Å². The summed E-state index contributed by atoms with van der Waals surface area (Å²) in [6.45, 7) is 7.81. The Balaban J connectivity index is 1.24. The monoisotopic (exact) mass is 444 g/mol. The zero-order valence-electron chi connectivity index (χ0n) is 19.5. The van der Waals surface area contributed by atoms with Crippen molar-refractivity contribution in [3.8, 4) is 0 Å². The molecule has 2 fully saturated rings. The first-order chi connectivity index (χ1) is 15.3. The average Bonchev–Trinajstić information content (AvgIpc) is 2.91. The van der Waals surface area contributed by atoms with Crippen LogP contribution in [-0.4, -0.2) is 55.6 Å². The lowest BCUT2D eigenvalue weighted by atomic mass is 9.65. The summed E-state index contributed by atoms with van der Waals surface area (Å²) < 4.78 is 11.0. The van der Waals surface area contributed by atoms with Gasteiger partial charge in [-0.15, -0.1) is 0 Å². The molecule has 1 saturated carbocycles. The minimum Gasteiger partial charge on any atom is -0.379 e. The zero-order chi connectivity index (χ0) is 23.1. The molecule has 1 aromatic rings. The number of ether oxygens (including phenoxy) is 2. The number of carbonyl (C=O) groups is 3. The van der Waals surface area contributed by atoms with Crippen LogP contribution < -0.4 is 5.32 Å². The summed E-state index contributed by atoms with van der Waals surface area (Å²) in [5.74, 6) is 0.573. The third-order valence-electron chi connectivity index (χ3n) is 6.73. The maximum atomic E-state index is 12.7. The van der Waals surface area contributed by atoms with Crippen molar-refractivity contribution in [1.29, 1.82) is 0 Å². The van der Waals surface area contributed by atoms with Crippen molar-refractivity contribution in [3.05, 3.63) is 29.8 Å². The van der Waals surface area contributed by atoms with Gasteiger partial charge in [-0.2, -0.15) is 0 Å². The van der Waals surface area contributed by atoms with Crippen molar-refractivity contribution in [2.75, 3.05) is 38.3 Å². The highest BCUT2D eigenvalue weighted by molar-refractivity contribution is 6.05. The molecule has 1 unspecified atom stereocenters. The lowest BCUT2D eigenvalue weighted by molar-refractivity contribution is -0.144. The molecule has 1 aromatic carbocycles. The van der Waals surface area contributed by atoms with Crippen LogP contribution in [0.4, 0.5) is 5.69 Å². The van der Waals surface area contributed by atoms with Crippen molar-refractivity contribution in [2.45, 2.75) is 58.8 Å². The third-order valence-corrected chi connectivity index (χ3v) is 6.73. The largest absolute Gasteiger partial charge is 0.379 e. The highest BCUT2D eigenvalue weighted by Gasteiger charge is 2.53. The molecule has 32 heavy (non-hydrogen) atoms. The predicted octanol–water partition coefficient (Wildman–Crippen LogP) is 3.74. The Labute approximate surface area is 190 Å². The highest BCUT2D eigenvalue weighted by Crippen LogP contribution is 2.48. The first kappa shape index (κ1) is 24.4. The summed E-state index contributed by atoms with van der Waals surface area (Å²) in [5.41, 5.74) is 1.49. The lowest BCUT2D eigenvalue weighted by Gasteiger charge is -2.38. The van der Waals surface area contributed by atoms with Crippen LogP contribution in [0.25, 0.3) is 0 Å². The van der Waals surface area contributed by atoms with E-state index in [0.717, 1.165) is 24.9 Å². The van der Waals surface area contributed by atoms with Crippen LogP contribution in [0.2, 0.25) is 0 Å². The first-order valence-corrected chi connectivity index (χ1v) is 11.7. The van der Waals surface area contributed by atoms with Crippen LogP contribution in [0.15, 0.2) is 24.3 Å². The number of amides is 3. The molecule has 176 valence electrons. The fourth-order valence-corrected chi connectivity index (χ4v) is 4.31. The zero-order valence-corrected chi connectivity index (χ0v) is 19.5. The lowest BCUT2D eigenvalue weighted by Crippen LogP contribution is -2.41. The molecule has 1 atom stereocenters. The summed E-state index contributed by atoms with van der Waals surface area (Å²) in [5, 5.41) is 2.86. The van der Waals surface area contributed by atoms with E-state index in [1.165, 1.54) is 10.5 Å². The van der Waals surface area contributed by atoms with E-state index >= 15 is 0 Å². The quantitative estimate of drug-likeness (QED) is 0.392. The summed E-state index contributed by atoms with van der Waals surface area (Å²) in [6, 6.07) is 7.86. The number of carbonyl (C=O) groups excluding carboxylic acids is 3. The molecular formula is C25H36N2O5. The molecule has 0 radical (unpaired) electrons. The second-order valence-corrected chi connectivity index (χ2v) is 9.37. The number of nitrogens with zero attached hydrogens (tertiary/aromatic N) is 1. The van der Waals surface area contributed by atoms with Gasteiger partial charge < -0.3 is 14.8 Å². The third kappa shape index (κ3) is 5.95. The van der Waals surface area contributed by atoms with Gasteiger partial charge in [0.1, 0.15) is 0 Å². The van der Waals surface area contributed by atoms with Crippen LogP contribution in [0.1, 0.15) is 64.4 Å². The predicted molar refractivity (Wildman–Crippen MR) is 122 cm³/mol. The number of hydrogen-bond donors (Lipinski definition) is 1. The maximum absolute atomic E-state index is 12.7. The molecule has 1 aliphatic heterocycles. The van der Waals surface area contributed by atoms with Crippen molar-refractivity contribution in [3.63, 3.8) is 0 Å². The Bertz CT molecular complexity index is 803. The Morgan fingerprint density at radius 1 is 1.09 bits per heavy atom. The number of rotatable bonds is 12. The summed E-state index contributed by atoms with van der Waals surface area (Å²) in [7, 11) is 0. The molecule has 3 amide bonds. The molecule has 7 nitrogen and oxygen atoms in total. The van der Waals surface area contributed by atoms with E-state index in [2.05, 4.69) is 19.2 Å². The van der Waals surface area contributed by atoms with E-state index in [4.69, 9.17) is 9.47 Å². The average molecular weight is 445 g/mol. The second kappa shape index (κ2) is 11.1. The smallest absolute Gasteiger partial charge is 0.235 e. The standard InChI is InChI=1S/C25H36N2O5/c1-18(2)19-7-9-21(10-8-19)26-22(28)11-13-31-15-16-32-14-12-27-23(29)17-25(3,24(27)30)20-5-4-6-20/h7-10,18,20H,4-6,11-17H2,1-3H3,(H,26,28). The number of nitrogens with one attached hydrogen (secondary N) is 1. The Hall–Kier alpha value is -2.25. The number of anilines is 1. The SMILES string of the molecule is CC(C)c1ccc(NC(=O)CCOCCOCCN2C(=O)CC(C)(C3CCC3)C2=O)cc1. The topological polar surface area (TPSA) is 84.9 Å². The molecule has 1 N–H and O–H groups in total. The minimum atomic E-state index is -0.518. The van der Waals surface area contributed by atoms with Crippen LogP contribution in [0.5, 0.6) is 0 Å². The van der Waals surface area contributed by atoms with Gasteiger partial charge in [-0.1, -0.05) is 32.4 Å². The van der Waals surface area contributed by atoms with Crippen molar-refractivity contribution in [2.24, 2.45) is 11.3 Å². The van der Waals surface area contributed by atoms with Gasteiger partial charge in [0.15, 0.2) is 0 Å². The van der Waals surface area contributed by atoms with Crippen LogP contribution in [0, 0.1) is 11.3 Å². The van der Waals surface area contributed by atoms with E-state index in [0.29, 0.717) is 44.7 Å². The Morgan fingerprint density at radius 2 is 1.75 bits per heavy atom. The fourth-order valence-electron chi connectivity index (χ4n) is 4.31. The molecule has 0 spiro atoms. The molecule has 1 heterocycles. The van der Waals surface area contributed by atoms with Crippen LogP contribution >= 0.6 is 0 Å². The highest BCUT2D eigenvalue weighted by atomic mass is 16.5. The fraction of sp³-hybridized carbons (Fsp3) is 0.640. The Morgan fingerprint density at radius 3 is 2.34 bits per heavy atom. The number of imide groups is 1. The van der Waals surface area contributed by atoms with Gasteiger partial charge in [0.05, 0.1) is 44.8 Å². The summed E-state index contributed by atoms with van der Waals surface area (Å²) in [6.07, 6.45) is 3.82. The van der Waals surface area contributed by atoms with Gasteiger partial charge in [0, 0.05) is 12.1 Å². The van der Waals surface area contributed by atoms with Crippen molar-refractivity contribution < 1.29 is 23.9 Å². The van der Waals surface area contributed by atoms with Gasteiger partial charge in [-0.3, -0.25) is 19.3 Å². The van der Waals surface area contributed by atoms with Gasteiger partial charge in [0.2, 0.25) is 17.7 Å². The number of benzene rings is 1. The van der Waals surface area contributed by atoms with E-state index in [9.17, 15) is 14.4 Å². The summed E-state index contributed by atoms with van der Waals surface area (Å²) in [4.78, 5) is 38.4. The van der Waals surface area contributed by atoms with Crippen LogP contribution in [0.3, 0.4) is 0 Å². The normalized spacial score (nSPS) is 21.3. The number of likely N-dealkylation sites (tertiary alicyclic amines) is 1. The first-order valence-electron chi connectivity index (χ1n) is 11.7. The minimum absolute atomic E-state index is 0.0445. The van der Waals surface area contributed by atoms with E-state index in [1.807, 2.05) is 31.2 Å². The molecule has 0 bridgehead atoms. The maximum Gasteiger partial charge on any atom is 0.235 e. The van der Waals surface area contributed by atoms with E-state index < -0.39 is 5.41 Å². The van der Waals surface area contributed by atoms with E-state index in [1.54, 1.807) is 0 Å². The molecular weight excluding hydrogens is 408 g/mol. The van der Waals surface area contributed by atoms with Gasteiger partial charge >= 0.3 is 0 Å². The number of hydrogen-bond acceptors (Lipinski definition) is 5. The molecule has 7 heteroatoms. The van der Waals surface area contributed by atoms with E-state index in [-0.39, 0.29) is 30.7 Å². The van der Waals surface area contributed by atoms with Gasteiger partial charge in [-0.25, -0.2) is 0 Å². The Kier molecular flexibility index (Phi) is 8.43. The van der Waals surface area contributed by atoms with Gasteiger partial charge in [0.25, 0.3) is 0 Å². The molecule has 1 aliphatic carbocycles. The molecule has 2 aliphatic rings. The molecule has 3 rings (SSSR count). The molecule has 0 aromatic heterocycles. The van der Waals surface area contributed by atoms with Crippen LogP contribution in [-0.2, 0) is 23.9 Å². The molecule has 1 saturated heterocycles. The summed E-state index contributed by atoms with van der Waals surface area (Å²) >= 11 is 0. The van der Waals surface area contributed by atoms with Crippen molar-refractivity contribution in [1.82, 2.24) is 4.90 Å². The second-order valence-electron chi connectivity index (χ2n) is 9.37.